The molecule has 9 nitrogen and oxygen atoms in total. The van der Waals surface area contributed by atoms with E-state index in [4.69, 9.17) is 25.3 Å². The molecule has 3 N–H and O–H groups in total. The number of hydrogen-bond acceptors (Lipinski definition) is 8. The van der Waals surface area contributed by atoms with Crippen LogP contribution in [0.25, 0.3) is 28.0 Å². The highest BCUT2D eigenvalue weighted by atomic mass is 16.5. The largest absolute Gasteiger partial charge is 0.496 e. The van der Waals surface area contributed by atoms with Crippen molar-refractivity contribution in [1.82, 2.24) is 24.6 Å². The van der Waals surface area contributed by atoms with E-state index in [9.17, 15) is 0 Å². The third-order valence-electron chi connectivity index (χ3n) is 5.75. The molecule has 0 unspecified atom stereocenters. The first-order valence-corrected chi connectivity index (χ1v) is 11.0. The molecule has 1 saturated heterocycles. The summed E-state index contributed by atoms with van der Waals surface area (Å²) < 4.78 is 12.7. The summed E-state index contributed by atoms with van der Waals surface area (Å²) in [7, 11) is 1.65. The van der Waals surface area contributed by atoms with Crippen LogP contribution in [0.5, 0.6) is 5.75 Å². The number of methoxy groups -OCH3 is 1. The molecular weight excluding hydrogens is 418 g/mol. The molecule has 4 aromatic rings. The molecule has 1 aliphatic rings. The Morgan fingerprint density at radius 2 is 1.79 bits per heavy atom. The Morgan fingerprint density at radius 3 is 2.58 bits per heavy atom. The molecule has 3 heterocycles. The zero-order valence-corrected chi connectivity index (χ0v) is 18.6. The highest BCUT2D eigenvalue weighted by molar-refractivity contribution is 6.00. The Kier molecular flexibility index (Phi) is 6.05. The molecule has 0 saturated carbocycles. The lowest BCUT2D eigenvalue weighted by Gasteiger charge is -2.26. The summed E-state index contributed by atoms with van der Waals surface area (Å²) in [6.07, 6.45) is 0. The van der Waals surface area contributed by atoms with Crippen LogP contribution in [-0.2, 0) is 4.74 Å². The second kappa shape index (κ2) is 9.43. The van der Waals surface area contributed by atoms with Crippen LogP contribution in [0.3, 0.4) is 0 Å². The van der Waals surface area contributed by atoms with Crippen molar-refractivity contribution in [2.75, 3.05) is 57.6 Å². The first-order valence-electron chi connectivity index (χ1n) is 11.0. The van der Waals surface area contributed by atoms with E-state index in [1.807, 2.05) is 54.6 Å². The molecule has 2 aromatic carbocycles. The van der Waals surface area contributed by atoms with Crippen LogP contribution < -0.4 is 15.8 Å². The van der Waals surface area contributed by atoms with E-state index in [0.717, 1.165) is 44.1 Å². The van der Waals surface area contributed by atoms with Crippen LogP contribution in [0.1, 0.15) is 0 Å². The number of fused-ring (bicyclic) bond motifs is 1. The summed E-state index contributed by atoms with van der Waals surface area (Å²) in [5.74, 6) is 1.70. The van der Waals surface area contributed by atoms with Crippen molar-refractivity contribution in [3.05, 3.63) is 54.6 Å². The van der Waals surface area contributed by atoms with Gasteiger partial charge >= 0.3 is 0 Å². The van der Waals surface area contributed by atoms with Gasteiger partial charge in [-0.3, -0.25) is 4.90 Å². The fourth-order valence-corrected chi connectivity index (χ4v) is 4.04. The third kappa shape index (κ3) is 4.33. The Labute approximate surface area is 192 Å². The highest BCUT2D eigenvalue weighted by Crippen LogP contribution is 2.37. The van der Waals surface area contributed by atoms with Gasteiger partial charge in [0.15, 0.2) is 5.65 Å². The van der Waals surface area contributed by atoms with E-state index in [0.29, 0.717) is 40.8 Å². The minimum absolute atomic E-state index is 0.483. The predicted octanol–water partition coefficient (Wildman–Crippen LogP) is 2.82. The molecule has 9 heteroatoms. The lowest BCUT2D eigenvalue weighted by Crippen LogP contribution is -2.39. The molecule has 0 bridgehead atoms. The Balaban J connectivity index is 1.56. The molecule has 1 fully saturated rings. The lowest BCUT2D eigenvalue weighted by atomic mass is 10.1. The van der Waals surface area contributed by atoms with Crippen LogP contribution >= 0.6 is 0 Å². The summed E-state index contributed by atoms with van der Waals surface area (Å²) in [5.41, 5.74) is 9.50. The average molecular weight is 446 g/mol. The third-order valence-corrected chi connectivity index (χ3v) is 5.75. The maximum atomic E-state index is 6.59. The minimum atomic E-state index is 0.483. The molecule has 1 aliphatic heterocycles. The van der Waals surface area contributed by atoms with Crippen molar-refractivity contribution in [3.63, 3.8) is 0 Å². The molecule has 0 atom stereocenters. The van der Waals surface area contributed by atoms with Gasteiger partial charge in [0, 0.05) is 31.7 Å². The highest BCUT2D eigenvalue weighted by Gasteiger charge is 2.21. The number of nitrogen functional groups attached to an aromatic ring is 1. The van der Waals surface area contributed by atoms with E-state index in [-0.39, 0.29) is 0 Å². The van der Waals surface area contributed by atoms with Gasteiger partial charge in [-0.05, 0) is 24.3 Å². The monoisotopic (exact) mass is 445 g/mol. The molecular formula is C24H27N7O2. The number of nitrogens with zero attached hydrogens (tertiary/aromatic N) is 5. The fraction of sp³-hybridized carbons (Fsp3) is 0.292. The predicted molar refractivity (Wildman–Crippen MR) is 129 cm³/mol. The van der Waals surface area contributed by atoms with Crippen LogP contribution in [0, 0.1) is 0 Å². The normalized spacial score (nSPS) is 14.5. The first-order chi connectivity index (χ1) is 16.2. The number of anilines is 2. The number of aromatic nitrogens is 4. The van der Waals surface area contributed by atoms with Crippen molar-refractivity contribution in [1.29, 1.82) is 0 Å². The molecule has 170 valence electrons. The van der Waals surface area contributed by atoms with E-state index in [1.54, 1.807) is 11.8 Å². The van der Waals surface area contributed by atoms with Crippen molar-refractivity contribution in [2.45, 2.75) is 0 Å². The Morgan fingerprint density at radius 1 is 1.03 bits per heavy atom. The summed E-state index contributed by atoms with van der Waals surface area (Å²) >= 11 is 0. The zero-order chi connectivity index (χ0) is 22.6. The average Bonchev–Trinajstić information content (AvgIpc) is 3.21. The topological polar surface area (TPSA) is 103 Å². The van der Waals surface area contributed by atoms with Gasteiger partial charge in [-0.25, -0.2) is 9.67 Å². The number of morpholine rings is 1. The number of hydrogen-bond donors (Lipinski definition) is 2. The summed E-state index contributed by atoms with van der Waals surface area (Å²) in [4.78, 5) is 11.9. The standard InChI is InChI=1S/C24H27N7O2/c1-32-19-10-6-5-9-18(19)21-20-22(25)31(17-7-3-2-4-8-17)29-23(20)28-24(27-21)26-11-12-30-13-15-33-16-14-30/h2-10H,11-16,25H2,1H3,(H,26,28,29). The number of para-hydroxylation sites is 2. The minimum Gasteiger partial charge on any atom is -0.496 e. The second-order valence-electron chi connectivity index (χ2n) is 7.81. The number of nitrogens with two attached hydrogens (primary N) is 1. The van der Waals surface area contributed by atoms with Gasteiger partial charge in [0.25, 0.3) is 0 Å². The Hall–Kier alpha value is -3.69. The first kappa shape index (κ1) is 21.2. The van der Waals surface area contributed by atoms with Crippen LogP contribution in [-0.4, -0.2) is 71.2 Å². The molecule has 0 aliphatic carbocycles. The summed E-state index contributed by atoms with van der Waals surface area (Å²) in [6, 6.07) is 17.5. The maximum Gasteiger partial charge on any atom is 0.225 e. The van der Waals surface area contributed by atoms with Gasteiger partial charge in [-0.1, -0.05) is 30.3 Å². The van der Waals surface area contributed by atoms with Gasteiger partial charge in [0.2, 0.25) is 5.95 Å². The Bertz CT molecular complexity index is 1240. The molecule has 5 rings (SSSR count). The van der Waals surface area contributed by atoms with Gasteiger partial charge in [0.05, 0.1) is 37.1 Å². The zero-order valence-electron chi connectivity index (χ0n) is 18.6. The van der Waals surface area contributed by atoms with E-state index in [2.05, 4.69) is 15.2 Å². The van der Waals surface area contributed by atoms with Crippen LogP contribution in [0.4, 0.5) is 11.8 Å². The van der Waals surface area contributed by atoms with Crippen molar-refractivity contribution in [2.24, 2.45) is 0 Å². The van der Waals surface area contributed by atoms with Gasteiger partial charge in [-0.2, -0.15) is 4.98 Å². The number of benzene rings is 2. The van der Waals surface area contributed by atoms with Crippen molar-refractivity contribution in [3.8, 4) is 22.7 Å². The van der Waals surface area contributed by atoms with Crippen molar-refractivity contribution < 1.29 is 9.47 Å². The molecule has 0 radical (unpaired) electrons. The second-order valence-corrected chi connectivity index (χ2v) is 7.81. The molecule has 33 heavy (non-hydrogen) atoms. The molecule has 0 spiro atoms. The molecule has 0 amide bonds. The van der Waals surface area contributed by atoms with Gasteiger partial charge in [0.1, 0.15) is 11.6 Å². The van der Waals surface area contributed by atoms with Gasteiger partial charge in [-0.15, -0.1) is 5.10 Å². The number of ether oxygens (including phenoxy) is 2. The smallest absolute Gasteiger partial charge is 0.225 e. The lowest BCUT2D eigenvalue weighted by molar-refractivity contribution is 0.0398. The summed E-state index contributed by atoms with van der Waals surface area (Å²) in [5, 5.41) is 8.78. The van der Waals surface area contributed by atoms with Crippen LogP contribution in [0.15, 0.2) is 54.6 Å². The maximum absolute atomic E-state index is 6.59. The summed E-state index contributed by atoms with van der Waals surface area (Å²) in [6.45, 7) is 5.02. The van der Waals surface area contributed by atoms with Crippen molar-refractivity contribution >= 4 is 22.8 Å². The quantitative estimate of drug-likeness (QED) is 0.448. The van der Waals surface area contributed by atoms with Gasteiger partial charge < -0.3 is 20.5 Å². The fourth-order valence-electron chi connectivity index (χ4n) is 4.04. The van der Waals surface area contributed by atoms with Crippen LogP contribution in [0.2, 0.25) is 0 Å². The SMILES string of the molecule is COc1ccccc1-c1nc(NCCN2CCOCC2)nc2nn(-c3ccccc3)c(N)c12. The van der Waals surface area contributed by atoms with E-state index in [1.165, 1.54) is 0 Å². The van der Waals surface area contributed by atoms with E-state index < -0.39 is 0 Å². The number of rotatable bonds is 7. The molecule has 2 aromatic heterocycles. The van der Waals surface area contributed by atoms with E-state index >= 15 is 0 Å². The number of nitrogens with one attached hydrogen (secondary N) is 1.